The molecule has 1 rings (SSSR count). The number of Topliss-reactive ketones (excluding diaryl/α,β-unsaturated/α-hetero) is 1. The van der Waals surface area contributed by atoms with Crippen molar-refractivity contribution in [1.82, 2.24) is 0 Å². The molecule has 1 aromatic carbocycles. The van der Waals surface area contributed by atoms with E-state index < -0.39 is 40.9 Å². The van der Waals surface area contributed by atoms with Gasteiger partial charge in [0, 0.05) is 0 Å². The molecule has 18 heavy (non-hydrogen) atoms. The van der Waals surface area contributed by atoms with Crippen LogP contribution in [0.15, 0.2) is 18.2 Å². The van der Waals surface area contributed by atoms with Crippen molar-refractivity contribution in [2.45, 2.75) is 25.4 Å². The quantitative estimate of drug-likeness (QED) is 0.814. The SMILES string of the molecule is CC(=O)c1cccc(C(F)(F)[C@@](C)(O)CO)c1F. The van der Waals surface area contributed by atoms with Gasteiger partial charge in [-0.2, -0.15) is 8.78 Å². The van der Waals surface area contributed by atoms with Gasteiger partial charge in [0.25, 0.3) is 0 Å². The standard InChI is InChI=1S/C12H13F3O3/c1-7(17)8-4-3-5-9(10(8)13)12(14,15)11(2,18)6-16/h3-5,16,18H,6H2,1-2H3/t11-/m0/s1. The van der Waals surface area contributed by atoms with Gasteiger partial charge in [-0.15, -0.1) is 0 Å². The minimum atomic E-state index is -4.02. The molecule has 0 saturated carbocycles. The van der Waals surface area contributed by atoms with E-state index in [0.29, 0.717) is 6.92 Å². The molecule has 100 valence electrons. The number of benzene rings is 1. The topological polar surface area (TPSA) is 57.5 Å². The van der Waals surface area contributed by atoms with Crippen LogP contribution in [0.25, 0.3) is 0 Å². The minimum Gasteiger partial charge on any atom is -0.393 e. The molecular formula is C12H13F3O3. The molecule has 0 aromatic heterocycles. The first-order valence-electron chi connectivity index (χ1n) is 5.16. The fourth-order valence-corrected chi connectivity index (χ4v) is 1.44. The van der Waals surface area contributed by atoms with E-state index in [-0.39, 0.29) is 0 Å². The average molecular weight is 262 g/mol. The Morgan fingerprint density at radius 1 is 1.39 bits per heavy atom. The van der Waals surface area contributed by atoms with Gasteiger partial charge in [-0.3, -0.25) is 4.79 Å². The zero-order valence-corrected chi connectivity index (χ0v) is 9.88. The van der Waals surface area contributed by atoms with E-state index in [9.17, 15) is 23.1 Å². The molecule has 0 aliphatic carbocycles. The Kier molecular flexibility index (Phi) is 3.83. The second-order valence-corrected chi connectivity index (χ2v) is 4.23. The van der Waals surface area contributed by atoms with Crippen LogP contribution in [-0.2, 0) is 5.92 Å². The lowest BCUT2D eigenvalue weighted by atomic mass is 9.90. The van der Waals surface area contributed by atoms with E-state index in [1.807, 2.05) is 0 Å². The van der Waals surface area contributed by atoms with Crippen LogP contribution in [0.5, 0.6) is 0 Å². The summed E-state index contributed by atoms with van der Waals surface area (Å²) in [5.74, 6) is -6.10. The molecule has 2 N–H and O–H groups in total. The zero-order valence-electron chi connectivity index (χ0n) is 9.88. The maximum Gasteiger partial charge on any atom is 0.306 e. The highest BCUT2D eigenvalue weighted by molar-refractivity contribution is 5.94. The second kappa shape index (κ2) is 4.70. The van der Waals surface area contributed by atoms with Crippen LogP contribution in [0.4, 0.5) is 13.2 Å². The average Bonchev–Trinajstić information content (AvgIpc) is 2.28. The zero-order chi connectivity index (χ0) is 14.1. The lowest BCUT2D eigenvalue weighted by molar-refractivity contribution is -0.196. The Bertz CT molecular complexity index is 470. The molecule has 0 heterocycles. The number of carbonyl (C=O) groups excluding carboxylic acids is 1. The normalized spacial score (nSPS) is 15.3. The number of aliphatic hydroxyl groups excluding tert-OH is 1. The third kappa shape index (κ3) is 2.26. The van der Waals surface area contributed by atoms with Crippen molar-refractivity contribution in [2.75, 3.05) is 6.61 Å². The number of aliphatic hydroxyl groups is 2. The van der Waals surface area contributed by atoms with Gasteiger partial charge < -0.3 is 10.2 Å². The fourth-order valence-electron chi connectivity index (χ4n) is 1.44. The Labute approximate surface area is 102 Å². The first-order chi connectivity index (χ1) is 8.15. The van der Waals surface area contributed by atoms with Crippen molar-refractivity contribution in [2.24, 2.45) is 0 Å². The van der Waals surface area contributed by atoms with Crippen LogP contribution in [-0.4, -0.2) is 28.2 Å². The highest BCUT2D eigenvalue weighted by Crippen LogP contribution is 2.40. The lowest BCUT2D eigenvalue weighted by Gasteiger charge is -2.31. The number of hydrogen-bond acceptors (Lipinski definition) is 3. The van der Waals surface area contributed by atoms with E-state index >= 15 is 0 Å². The molecule has 0 fully saturated rings. The van der Waals surface area contributed by atoms with E-state index in [2.05, 4.69) is 0 Å². The molecule has 0 amide bonds. The molecule has 0 saturated heterocycles. The maximum atomic E-state index is 13.9. The molecule has 0 aliphatic rings. The number of halogens is 3. The molecule has 0 radical (unpaired) electrons. The van der Waals surface area contributed by atoms with Crippen molar-refractivity contribution in [1.29, 1.82) is 0 Å². The highest BCUT2D eigenvalue weighted by atomic mass is 19.3. The predicted molar refractivity (Wildman–Crippen MR) is 58.0 cm³/mol. The van der Waals surface area contributed by atoms with E-state index in [1.165, 1.54) is 0 Å². The molecule has 0 aliphatic heterocycles. The summed E-state index contributed by atoms with van der Waals surface area (Å²) >= 11 is 0. The first kappa shape index (κ1) is 14.7. The largest absolute Gasteiger partial charge is 0.393 e. The Morgan fingerprint density at radius 3 is 2.39 bits per heavy atom. The van der Waals surface area contributed by atoms with E-state index in [4.69, 9.17) is 5.11 Å². The van der Waals surface area contributed by atoms with Crippen LogP contribution in [0.3, 0.4) is 0 Å². The smallest absolute Gasteiger partial charge is 0.306 e. The molecule has 0 spiro atoms. The van der Waals surface area contributed by atoms with Crippen LogP contribution < -0.4 is 0 Å². The molecular weight excluding hydrogens is 249 g/mol. The number of carbonyl (C=O) groups is 1. The molecule has 3 nitrogen and oxygen atoms in total. The van der Waals surface area contributed by atoms with Crippen molar-refractivity contribution in [3.63, 3.8) is 0 Å². The third-order valence-electron chi connectivity index (χ3n) is 2.70. The molecule has 0 unspecified atom stereocenters. The minimum absolute atomic E-state index is 0.485. The Hall–Kier alpha value is -1.40. The summed E-state index contributed by atoms with van der Waals surface area (Å²) in [5, 5.41) is 18.1. The lowest BCUT2D eigenvalue weighted by Crippen LogP contribution is -2.47. The van der Waals surface area contributed by atoms with Crippen LogP contribution in [0.2, 0.25) is 0 Å². The van der Waals surface area contributed by atoms with Gasteiger partial charge in [0.15, 0.2) is 11.4 Å². The van der Waals surface area contributed by atoms with Crippen LogP contribution in [0, 0.1) is 5.82 Å². The van der Waals surface area contributed by atoms with Crippen molar-refractivity contribution < 1.29 is 28.2 Å². The number of alkyl halides is 2. The number of rotatable bonds is 4. The summed E-state index contributed by atoms with van der Waals surface area (Å²) in [6.45, 7) is 0.487. The van der Waals surface area contributed by atoms with Crippen LogP contribution >= 0.6 is 0 Å². The summed E-state index contributed by atoms with van der Waals surface area (Å²) < 4.78 is 41.5. The Morgan fingerprint density at radius 2 is 1.94 bits per heavy atom. The monoisotopic (exact) mass is 262 g/mol. The molecule has 1 aromatic rings. The van der Waals surface area contributed by atoms with Gasteiger partial charge in [-0.1, -0.05) is 6.07 Å². The molecule has 6 heteroatoms. The van der Waals surface area contributed by atoms with Crippen LogP contribution in [0.1, 0.15) is 29.8 Å². The van der Waals surface area contributed by atoms with Gasteiger partial charge >= 0.3 is 5.92 Å². The highest BCUT2D eigenvalue weighted by Gasteiger charge is 2.52. The van der Waals surface area contributed by atoms with Gasteiger partial charge in [-0.25, -0.2) is 4.39 Å². The van der Waals surface area contributed by atoms with Gasteiger partial charge in [0.05, 0.1) is 17.7 Å². The van der Waals surface area contributed by atoms with Crippen molar-refractivity contribution in [3.05, 3.63) is 35.1 Å². The summed E-state index contributed by atoms with van der Waals surface area (Å²) in [6.07, 6.45) is 0. The first-order valence-corrected chi connectivity index (χ1v) is 5.16. The van der Waals surface area contributed by atoms with Gasteiger partial charge in [0.2, 0.25) is 0 Å². The van der Waals surface area contributed by atoms with Gasteiger partial charge in [0.1, 0.15) is 5.82 Å². The van der Waals surface area contributed by atoms with Gasteiger partial charge in [-0.05, 0) is 26.0 Å². The predicted octanol–water partition coefficient (Wildman–Crippen LogP) is 1.86. The maximum absolute atomic E-state index is 13.9. The summed E-state index contributed by atoms with van der Waals surface area (Å²) in [7, 11) is 0. The molecule has 0 bridgehead atoms. The summed E-state index contributed by atoms with van der Waals surface area (Å²) in [5.41, 5.74) is -4.42. The summed E-state index contributed by atoms with van der Waals surface area (Å²) in [6, 6.07) is 2.94. The van der Waals surface area contributed by atoms with E-state index in [0.717, 1.165) is 25.1 Å². The van der Waals surface area contributed by atoms with Crippen molar-refractivity contribution in [3.8, 4) is 0 Å². The van der Waals surface area contributed by atoms with Crippen molar-refractivity contribution >= 4 is 5.78 Å². The second-order valence-electron chi connectivity index (χ2n) is 4.23. The fraction of sp³-hybridized carbons (Fsp3) is 0.417. The third-order valence-corrected chi connectivity index (χ3v) is 2.70. The Balaban J connectivity index is 3.43. The number of ketones is 1. The van der Waals surface area contributed by atoms with E-state index in [1.54, 1.807) is 0 Å². The number of hydrogen-bond donors (Lipinski definition) is 2. The molecule has 1 atom stereocenters. The summed E-state index contributed by atoms with van der Waals surface area (Å²) in [4.78, 5) is 11.1.